The molecule has 13 heteroatoms. The Balaban J connectivity index is 1.02. The van der Waals surface area contributed by atoms with Gasteiger partial charge in [-0.3, -0.25) is 24.0 Å². The van der Waals surface area contributed by atoms with Crippen LogP contribution in [0.1, 0.15) is 66.4 Å². The summed E-state index contributed by atoms with van der Waals surface area (Å²) in [6.07, 6.45) is 8.06. The van der Waals surface area contributed by atoms with Crippen LogP contribution in [0, 0.1) is 5.82 Å². The Morgan fingerprint density at radius 1 is 0.906 bits per heavy atom. The van der Waals surface area contributed by atoms with Crippen molar-refractivity contribution in [1.82, 2.24) is 38.8 Å². The molecular formula is C40H45FN8O4. The number of pyridine rings is 1. The van der Waals surface area contributed by atoms with E-state index in [1.165, 1.54) is 14.7 Å². The highest BCUT2D eigenvalue weighted by Crippen LogP contribution is 2.29. The number of hydrogen-bond acceptors (Lipinski definition) is 8. The van der Waals surface area contributed by atoms with Gasteiger partial charge in [0.05, 0.1) is 23.9 Å². The molecule has 0 atom stereocenters. The molecule has 3 aliphatic rings. The van der Waals surface area contributed by atoms with Crippen molar-refractivity contribution in [1.29, 1.82) is 0 Å². The molecular weight excluding hydrogens is 675 g/mol. The van der Waals surface area contributed by atoms with Crippen molar-refractivity contribution in [3.05, 3.63) is 111 Å². The van der Waals surface area contributed by atoms with E-state index in [4.69, 9.17) is 0 Å². The number of rotatable bonds is 9. The van der Waals surface area contributed by atoms with Crippen LogP contribution in [0.25, 0.3) is 27.8 Å². The third-order valence-corrected chi connectivity index (χ3v) is 11.1. The first-order chi connectivity index (χ1) is 25.8. The van der Waals surface area contributed by atoms with Gasteiger partial charge in [-0.1, -0.05) is 36.4 Å². The lowest BCUT2D eigenvalue weighted by atomic mass is 9.90. The molecule has 8 rings (SSSR count). The fraction of sp³-hybridized carbons (Fsp3) is 0.425. The molecule has 1 aliphatic carbocycles. The predicted molar refractivity (Wildman–Crippen MR) is 200 cm³/mol. The molecule has 1 amide bonds. The molecule has 2 N–H and O–H groups in total. The quantitative estimate of drug-likeness (QED) is 0.235. The van der Waals surface area contributed by atoms with Crippen molar-refractivity contribution in [2.45, 2.75) is 70.1 Å². The van der Waals surface area contributed by atoms with Gasteiger partial charge < -0.3 is 15.0 Å². The summed E-state index contributed by atoms with van der Waals surface area (Å²) in [5.74, 6) is 0.0903. The number of aliphatic hydroxyl groups excluding tert-OH is 1. The summed E-state index contributed by atoms with van der Waals surface area (Å²) in [5.41, 5.74) is 3.04. The maximum Gasteiger partial charge on any atom is 0.337 e. The SMILES string of the molecule is O=C(N[C@H]1CC[C@@H](n2c(=O)c3cc(F)cnc3n(-c3cccc(-c4ccc(CN5CCN(CCO)CC5)cc4)c3)c2=O)CC1)c1cn2c(n1)CCCC2. The minimum absolute atomic E-state index is 0.0377. The highest BCUT2D eigenvalue weighted by Gasteiger charge is 2.29. The van der Waals surface area contributed by atoms with E-state index in [9.17, 15) is 23.9 Å². The molecule has 2 fully saturated rings. The van der Waals surface area contributed by atoms with E-state index < -0.39 is 23.1 Å². The first-order valence-corrected chi connectivity index (χ1v) is 18.8. The molecule has 53 heavy (non-hydrogen) atoms. The summed E-state index contributed by atoms with van der Waals surface area (Å²) in [6, 6.07) is 16.6. The zero-order valence-corrected chi connectivity index (χ0v) is 29.8. The number of nitrogens with one attached hydrogen (secondary N) is 1. The number of carbonyl (C=O) groups excluding carboxylic acids is 1. The van der Waals surface area contributed by atoms with E-state index in [0.717, 1.165) is 87.7 Å². The van der Waals surface area contributed by atoms with Crippen molar-refractivity contribution in [2.75, 3.05) is 39.3 Å². The Morgan fingerprint density at radius 2 is 1.68 bits per heavy atom. The fourth-order valence-corrected chi connectivity index (χ4v) is 8.19. The fourth-order valence-electron chi connectivity index (χ4n) is 8.19. The number of piperazine rings is 1. The molecule has 5 aromatic rings. The molecule has 2 aliphatic heterocycles. The maximum atomic E-state index is 14.6. The predicted octanol–water partition coefficient (Wildman–Crippen LogP) is 3.91. The second-order valence-corrected chi connectivity index (χ2v) is 14.6. The van der Waals surface area contributed by atoms with Crippen molar-refractivity contribution < 1.29 is 14.3 Å². The van der Waals surface area contributed by atoms with Crippen molar-refractivity contribution in [3.63, 3.8) is 0 Å². The van der Waals surface area contributed by atoms with E-state index in [1.54, 1.807) is 6.07 Å². The lowest BCUT2D eigenvalue weighted by Gasteiger charge is -2.34. The minimum atomic E-state index is -0.653. The van der Waals surface area contributed by atoms with Gasteiger partial charge in [-0.05, 0) is 73.4 Å². The van der Waals surface area contributed by atoms with Crippen LogP contribution in [0.2, 0.25) is 0 Å². The Bertz CT molecular complexity index is 2210. The summed E-state index contributed by atoms with van der Waals surface area (Å²) in [5, 5.41) is 12.4. The van der Waals surface area contributed by atoms with Crippen molar-refractivity contribution >= 4 is 16.9 Å². The van der Waals surface area contributed by atoms with E-state index in [0.29, 0.717) is 43.6 Å². The van der Waals surface area contributed by atoms with E-state index in [2.05, 4.69) is 53.9 Å². The van der Waals surface area contributed by atoms with Gasteiger partial charge in [0.2, 0.25) is 0 Å². The number of halogens is 1. The van der Waals surface area contributed by atoms with Crippen LogP contribution in [0.5, 0.6) is 0 Å². The lowest BCUT2D eigenvalue weighted by molar-refractivity contribution is 0.0917. The summed E-state index contributed by atoms with van der Waals surface area (Å²) >= 11 is 0. The molecule has 0 bridgehead atoms. The molecule has 2 aromatic carbocycles. The number of aryl methyl sites for hydroxylation is 2. The van der Waals surface area contributed by atoms with Crippen molar-refractivity contribution in [3.8, 4) is 16.8 Å². The highest BCUT2D eigenvalue weighted by molar-refractivity contribution is 5.92. The second-order valence-electron chi connectivity index (χ2n) is 14.6. The van der Waals surface area contributed by atoms with Crippen LogP contribution in [-0.2, 0) is 19.5 Å². The van der Waals surface area contributed by atoms with Crippen LogP contribution in [0.15, 0.2) is 76.6 Å². The van der Waals surface area contributed by atoms with Gasteiger partial charge in [-0.15, -0.1) is 0 Å². The molecule has 3 aromatic heterocycles. The largest absolute Gasteiger partial charge is 0.395 e. The number of nitrogens with zero attached hydrogens (tertiary/aromatic N) is 7. The zero-order chi connectivity index (χ0) is 36.5. The van der Waals surface area contributed by atoms with Crippen LogP contribution in [-0.4, -0.2) is 89.9 Å². The van der Waals surface area contributed by atoms with E-state index in [-0.39, 0.29) is 29.6 Å². The number of imidazole rings is 1. The maximum absolute atomic E-state index is 14.6. The molecule has 1 saturated heterocycles. The smallest absolute Gasteiger partial charge is 0.337 e. The zero-order valence-electron chi connectivity index (χ0n) is 29.8. The molecule has 0 unspecified atom stereocenters. The van der Waals surface area contributed by atoms with E-state index >= 15 is 0 Å². The monoisotopic (exact) mass is 720 g/mol. The normalized spacial score (nSPS) is 19.7. The second kappa shape index (κ2) is 15.2. The third-order valence-electron chi connectivity index (χ3n) is 11.1. The van der Waals surface area contributed by atoms with Gasteiger partial charge in [0.15, 0.2) is 5.65 Å². The standard InChI is InChI=1S/C40H45FN8O4/c41-30-23-34-37(42-24-30)48(33-5-3-4-29(22-33)28-9-7-27(8-10-28)25-46-18-16-45(17-19-46)20-21-50)40(53)49(39(34)52)32-13-11-31(12-14-32)43-38(51)35-26-47-15-2-1-6-36(47)44-35/h3-5,7-10,22-24,26,31-32,50H,1-2,6,11-21,25H2,(H,43,51)/t31-,32+. The van der Waals surface area contributed by atoms with Gasteiger partial charge in [-0.2, -0.15) is 0 Å². The van der Waals surface area contributed by atoms with Gasteiger partial charge in [0.1, 0.15) is 17.3 Å². The van der Waals surface area contributed by atoms with Gasteiger partial charge in [0.25, 0.3) is 11.5 Å². The number of aliphatic hydroxyl groups is 1. The average molecular weight is 721 g/mol. The molecule has 1 saturated carbocycles. The van der Waals surface area contributed by atoms with Crippen LogP contribution in [0.3, 0.4) is 0 Å². The molecule has 12 nitrogen and oxygen atoms in total. The number of aromatic nitrogens is 5. The van der Waals surface area contributed by atoms with Gasteiger partial charge >= 0.3 is 5.69 Å². The summed E-state index contributed by atoms with van der Waals surface area (Å²) < 4.78 is 19.3. The summed E-state index contributed by atoms with van der Waals surface area (Å²) in [7, 11) is 0. The van der Waals surface area contributed by atoms with Gasteiger partial charge in [0, 0.05) is 70.5 Å². The number of benzene rings is 2. The Kier molecular flexibility index (Phi) is 10.0. The number of hydrogen-bond donors (Lipinski definition) is 2. The minimum Gasteiger partial charge on any atom is -0.395 e. The molecule has 276 valence electrons. The number of fused-ring (bicyclic) bond motifs is 2. The Morgan fingerprint density at radius 3 is 2.43 bits per heavy atom. The average Bonchev–Trinajstić information content (AvgIpc) is 3.62. The topological polar surface area (TPSA) is 131 Å². The summed E-state index contributed by atoms with van der Waals surface area (Å²) in [6.45, 7) is 6.43. The van der Waals surface area contributed by atoms with Crippen LogP contribution >= 0.6 is 0 Å². The molecule has 0 radical (unpaired) electrons. The molecule has 5 heterocycles. The third kappa shape index (κ3) is 7.33. The van der Waals surface area contributed by atoms with Gasteiger partial charge in [-0.25, -0.2) is 23.7 Å². The molecule has 0 spiro atoms. The lowest BCUT2D eigenvalue weighted by Crippen LogP contribution is -2.46. The first-order valence-electron chi connectivity index (χ1n) is 18.8. The van der Waals surface area contributed by atoms with E-state index in [1.807, 2.05) is 24.4 Å². The Labute approximate surface area is 306 Å². The van der Waals surface area contributed by atoms with Crippen molar-refractivity contribution in [2.24, 2.45) is 0 Å². The Hall–Kier alpha value is -4.98. The van der Waals surface area contributed by atoms with Crippen LogP contribution < -0.4 is 16.6 Å². The summed E-state index contributed by atoms with van der Waals surface area (Å²) in [4.78, 5) is 54.8. The number of β-amino-alcohol motifs (C(OH)–C–C–N with tert-alkyl or cyclic N) is 1. The number of carbonyl (C=O) groups is 1. The highest BCUT2D eigenvalue weighted by atomic mass is 19.1. The van der Waals surface area contributed by atoms with Crippen LogP contribution in [0.4, 0.5) is 4.39 Å². The first kappa shape index (κ1) is 35.1. The number of amides is 1.